The molecule has 9 heteroatoms. The maximum absolute atomic E-state index is 13.1. The Morgan fingerprint density at radius 1 is 1.28 bits per heavy atom. The highest BCUT2D eigenvalue weighted by Gasteiger charge is 2.38. The monoisotopic (exact) mass is 482 g/mol. The minimum atomic E-state index is -2.03. The van der Waals surface area contributed by atoms with Crippen LogP contribution >= 0.6 is 11.6 Å². The van der Waals surface area contributed by atoms with E-state index in [2.05, 4.69) is 52.7 Å². The van der Waals surface area contributed by atoms with Gasteiger partial charge in [-0.25, -0.2) is 9.78 Å². The van der Waals surface area contributed by atoms with Crippen LogP contribution in [0.1, 0.15) is 57.9 Å². The van der Waals surface area contributed by atoms with E-state index in [0.29, 0.717) is 12.1 Å². The van der Waals surface area contributed by atoms with Crippen LogP contribution in [0.4, 0.5) is 0 Å². The van der Waals surface area contributed by atoms with E-state index in [-0.39, 0.29) is 45.6 Å². The molecule has 0 unspecified atom stereocenters. The van der Waals surface area contributed by atoms with E-state index >= 15 is 0 Å². The number of fused-ring (bicyclic) bond motifs is 1. The average Bonchev–Trinajstić information content (AvgIpc) is 2.68. The number of rotatable bonds is 8. The van der Waals surface area contributed by atoms with Gasteiger partial charge in [-0.05, 0) is 37.0 Å². The number of hydrogen-bond acceptors (Lipinski definition) is 6. The number of ether oxygens (including phenoxy) is 2. The molecule has 0 saturated carbocycles. The number of aromatic nitrogens is 2. The van der Waals surface area contributed by atoms with E-state index in [1.807, 2.05) is 4.57 Å². The van der Waals surface area contributed by atoms with Gasteiger partial charge in [0.2, 0.25) is 11.3 Å². The molecule has 0 bridgehead atoms. The minimum Gasteiger partial charge on any atom is -0.480 e. The summed E-state index contributed by atoms with van der Waals surface area (Å²) in [5, 5.41) is 0.332. The number of carbonyl (C=O) groups excluding carboxylic acids is 1. The topological polar surface area (TPSA) is 79.7 Å². The molecule has 178 valence electrons. The van der Waals surface area contributed by atoms with Crippen molar-refractivity contribution in [2.75, 3.05) is 20.3 Å². The Labute approximate surface area is 196 Å². The van der Waals surface area contributed by atoms with Crippen molar-refractivity contribution >= 4 is 36.9 Å². The molecular formula is C23H35ClN2O5Si. The van der Waals surface area contributed by atoms with Crippen LogP contribution in [0.25, 0.3) is 11.0 Å². The predicted molar refractivity (Wildman–Crippen MR) is 131 cm³/mol. The Bertz CT molecular complexity index is 1040. The molecular weight excluding hydrogens is 448 g/mol. The summed E-state index contributed by atoms with van der Waals surface area (Å²) >= 11 is 6.35. The van der Waals surface area contributed by atoms with Crippen molar-refractivity contribution in [1.29, 1.82) is 0 Å². The first-order valence-corrected chi connectivity index (χ1v) is 14.1. The third-order valence-electron chi connectivity index (χ3n) is 6.17. The van der Waals surface area contributed by atoms with Crippen molar-refractivity contribution in [3.63, 3.8) is 0 Å². The fourth-order valence-corrected chi connectivity index (χ4v) is 4.34. The number of pyridine rings is 2. The second kappa shape index (κ2) is 9.93. The summed E-state index contributed by atoms with van der Waals surface area (Å²) in [6.07, 6.45) is 1.55. The Morgan fingerprint density at radius 2 is 1.91 bits per heavy atom. The van der Waals surface area contributed by atoms with Crippen LogP contribution < -0.4 is 10.2 Å². The van der Waals surface area contributed by atoms with Gasteiger partial charge in [0.25, 0.3) is 0 Å². The standard InChI is InChI=1S/C23H35ClN2O5Si/c1-10-30-22(28)15-12-26(17-11-16(24)21(29-7)25-19(17)20(15)27)18(14(2)3)13-31-32(8,9)23(4,5)6/h11-12,14,18H,10,13H2,1-9H3/t18-/m1/s1. The van der Waals surface area contributed by atoms with Crippen molar-refractivity contribution in [2.45, 2.75) is 65.7 Å². The maximum Gasteiger partial charge on any atom is 0.343 e. The normalized spacial score (nSPS) is 13.5. The Balaban J connectivity index is 2.74. The fraction of sp³-hybridized carbons (Fsp3) is 0.609. The van der Waals surface area contributed by atoms with Gasteiger partial charge in [-0.2, -0.15) is 0 Å². The van der Waals surface area contributed by atoms with Crippen molar-refractivity contribution in [1.82, 2.24) is 9.55 Å². The molecule has 0 saturated heterocycles. The molecule has 0 N–H and O–H groups in total. The maximum atomic E-state index is 13.1. The van der Waals surface area contributed by atoms with Crippen molar-refractivity contribution < 1.29 is 18.7 Å². The lowest BCUT2D eigenvalue weighted by molar-refractivity contribution is 0.0523. The Morgan fingerprint density at radius 3 is 2.41 bits per heavy atom. The molecule has 32 heavy (non-hydrogen) atoms. The van der Waals surface area contributed by atoms with E-state index in [0.717, 1.165) is 0 Å². The van der Waals surface area contributed by atoms with Gasteiger partial charge in [-0.3, -0.25) is 4.79 Å². The first kappa shape index (κ1) is 26.4. The predicted octanol–water partition coefficient (Wildman–Crippen LogP) is 5.45. The number of carbonyl (C=O) groups is 1. The molecule has 0 aliphatic heterocycles. The largest absolute Gasteiger partial charge is 0.480 e. The van der Waals surface area contributed by atoms with Gasteiger partial charge in [-0.15, -0.1) is 0 Å². The summed E-state index contributed by atoms with van der Waals surface area (Å²) in [4.78, 5) is 30.0. The molecule has 0 spiro atoms. The van der Waals surface area contributed by atoms with Gasteiger partial charge >= 0.3 is 5.97 Å². The fourth-order valence-electron chi connectivity index (χ4n) is 3.10. The molecule has 2 rings (SSSR count). The second-order valence-electron chi connectivity index (χ2n) is 9.73. The summed E-state index contributed by atoms with van der Waals surface area (Å²) in [6, 6.07) is 1.49. The summed E-state index contributed by atoms with van der Waals surface area (Å²) in [7, 11) is -0.599. The highest BCUT2D eigenvalue weighted by atomic mass is 35.5. The Hall–Kier alpha value is -1.90. The number of methoxy groups -OCH3 is 1. The summed E-state index contributed by atoms with van der Waals surface area (Å²) in [6.45, 7) is 17.4. The van der Waals surface area contributed by atoms with Crippen molar-refractivity contribution in [2.24, 2.45) is 5.92 Å². The van der Waals surface area contributed by atoms with E-state index in [9.17, 15) is 9.59 Å². The van der Waals surface area contributed by atoms with E-state index in [4.69, 9.17) is 25.5 Å². The first-order valence-electron chi connectivity index (χ1n) is 10.9. The number of hydrogen-bond donors (Lipinski definition) is 0. The van der Waals surface area contributed by atoms with Crippen LogP contribution in [-0.2, 0) is 9.16 Å². The van der Waals surface area contributed by atoms with Crippen molar-refractivity contribution in [3.05, 3.63) is 33.1 Å². The van der Waals surface area contributed by atoms with Crippen LogP contribution in [-0.4, -0.2) is 44.2 Å². The second-order valence-corrected chi connectivity index (χ2v) is 14.9. The van der Waals surface area contributed by atoms with Gasteiger partial charge in [0.15, 0.2) is 8.32 Å². The molecule has 0 fully saturated rings. The Kier molecular flexibility index (Phi) is 8.18. The molecule has 2 heterocycles. The van der Waals surface area contributed by atoms with Gasteiger partial charge in [0.1, 0.15) is 16.1 Å². The molecule has 0 aliphatic carbocycles. The number of esters is 1. The molecule has 0 amide bonds. The van der Waals surface area contributed by atoms with Gasteiger partial charge in [0.05, 0.1) is 31.9 Å². The quantitative estimate of drug-likeness (QED) is 0.367. The molecule has 0 aliphatic rings. The van der Waals surface area contributed by atoms with Crippen LogP contribution in [0.5, 0.6) is 5.88 Å². The molecule has 0 radical (unpaired) electrons. The SMILES string of the molecule is CCOC(=O)c1cn([C@H](CO[Si](C)(C)C(C)(C)C)C(C)C)c2cc(Cl)c(OC)nc2c1=O. The average molecular weight is 483 g/mol. The molecule has 0 aromatic carbocycles. The lowest BCUT2D eigenvalue weighted by atomic mass is 10.0. The lowest BCUT2D eigenvalue weighted by Crippen LogP contribution is -2.42. The van der Waals surface area contributed by atoms with Crippen LogP contribution in [0, 0.1) is 5.92 Å². The number of halogens is 1. The van der Waals surface area contributed by atoms with E-state index in [1.54, 1.807) is 19.2 Å². The number of nitrogens with zero attached hydrogens (tertiary/aromatic N) is 2. The van der Waals surface area contributed by atoms with Crippen LogP contribution in [0.3, 0.4) is 0 Å². The third-order valence-corrected chi connectivity index (χ3v) is 10.9. The van der Waals surface area contributed by atoms with E-state index in [1.165, 1.54) is 7.11 Å². The zero-order valence-corrected chi connectivity index (χ0v) is 22.3. The van der Waals surface area contributed by atoms with Crippen LogP contribution in [0.15, 0.2) is 17.1 Å². The summed E-state index contributed by atoms with van der Waals surface area (Å²) in [5.74, 6) is -0.416. The highest BCUT2D eigenvalue weighted by molar-refractivity contribution is 6.74. The van der Waals surface area contributed by atoms with Gasteiger partial charge in [0, 0.05) is 6.20 Å². The van der Waals surface area contributed by atoms with Crippen LogP contribution in [0.2, 0.25) is 23.2 Å². The molecule has 2 aromatic heterocycles. The first-order chi connectivity index (χ1) is 14.7. The van der Waals surface area contributed by atoms with Gasteiger partial charge in [-0.1, -0.05) is 46.2 Å². The van der Waals surface area contributed by atoms with E-state index < -0.39 is 19.7 Å². The summed E-state index contributed by atoms with van der Waals surface area (Å²) < 4.78 is 18.7. The zero-order chi connectivity index (χ0) is 24.4. The van der Waals surface area contributed by atoms with Crippen molar-refractivity contribution in [3.8, 4) is 5.88 Å². The third kappa shape index (κ3) is 5.35. The smallest absolute Gasteiger partial charge is 0.343 e. The highest BCUT2D eigenvalue weighted by Crippen LogP contribution is 2.38. The molecule has 2 aromatic rings. The lowest BCUT2D eigenvalue weighted by Gasteiger charge is -2.38. The zero-order valence-electron chi connectivity index (χ0n) is 20.5. The van der Waals surface area contributed by atoms with Gasteiger partial charge < -0.3 is 18.5 Å². The molecule has 7 nitrogen and oxygen atoms in total. The minimum absolute atomic E-state index is 0.0501. The summed E-state index contributed by atoms with van der Waals surface area (Å²) in [5.41, 5.74) is 0.0350. The molecule has 1 atom stereocenters.